The van der Waals surface area contributed by atoms with Crippen molar-refractivity contribution in [2.45, 2.75) is 33.1 Å². The normalized spacial score (nSPS) is 21.4. The van der Waals surface area contributed by atoms with Gasteiger partial charge in [0.1, 0.15) is 0 Å². The molecule has 0 aromatic heterocycles. The van der Waals surface area contributed by atoms with E-state index < -0.39 is 0 Å². The lowest BCUT2D eigenvalue weighted by Crippen LogP contribution is -2.15. The first kappa shape index (κ1) is 12.0. The molecule has 0 aromatic rings. The van der Waals surface area contributed by atoms with Crippen LogP contribution < -0.4 is 0 Å². The molecule has 0 aromatic carbocycles. The summed E-state index contributed by atoms with van der Waals surface area (Å²) in [4.78, 5) is 2.15. The second-order valence-corrected chi connectivity index (χ2v) is 4.90. The molecule has 0 saturated heterocycles. The van der Waals surface area contributed by atoms with Crippen molar-refractivity contribution in [2.75, 3.05) is 7.05 Å². The number of hydrogen-bond donors (Lipinski definition) is 0. The monoisotopic (exact) mass is 227 g/mol. The lowest BCUT2D eigenvalue weighted by atomic mass is 9.92. The lowest BCUT2D eigenvalue weighted by molar-refractivity contribution is 0.510. The van der Waals surface area contributed by atoms with Gasteiger partial charge in [0.05, 0.1) is 0 Å². The number of hydrogen-bond acceptors (Lipinski definition) is 1. The Morgan fingerprint density at radius 1 is 1.24 bits per heavy atom. The quantitative estimate of drug-likeness (QED) is 0.644. The van der Waals surface area contributed by atoms with E-state index in [4.69, 9.17) is 0 Å². The van der Waals surface area contributed by atoms with Crippen molar-refractivity contribution < 1.29 is 0 Å². The van der Waals surface area contributed by atoms with Crippen LogP contribution in [0.4, 0.5) is 0 Å². The maximum Gasteiger partial charge on any atom is 0.0109 e. The Hall–Kier alpha value is -1.50. The third-order valence-electron chi connectivity index (χ3n) is 3.72. The molecule has 0 N–H and O–H groups in total. The van der Waals surface area contributed by atoms with E-state index in [1.165, 1.54) is 28.0 Å². The molecular weight excluding hydrogens is 206 g/mol. The van der Waals surface area contributed by atoms with E-state index in [9.17, 15) is 0 Å². The molecule has 1 aliphatic heterocycles. The van der Waals surface area contributed by atoms with Gasteiger partial charge in [0.2, 0.25) is 0 Å². The topological polar surface area (TPSA) is 3.24 Å². The Balaban J connectivity index is 2.40. The first-order chi connectivity index (χ1) is 8.09. The van der Waals surface area contributed by atoms with E-state index in [0.717, 1.165) is 19.3 Å². The minimum Gasteiger partial charge on any atom is -0.355 e. The molecule has 0 saturated carbocycles. The fourth-order valence-electron chi connectivity index (χ4n) is 2.32. The van der Waals surface area contributed by atoms with Gasteiger partial charge in [0.25, 0.3) is 0 Å². The summed E-state index contributed by atoms with van der Waals surface area (Å²) < 4.78 is 0. The summed E-state index contributed by atoms with van der Waals surface area (Å²) in [5.41, 5.74) is 6.85. The fourth-order valence-corrected chi connectivity index (χ4v) is 2.32. The van der Waals surface area contributed by atoms with Crippen molar-refractivity contribution in [3.8, 4) is 0 Å². The highest BCUT2D eigenvalue weighted by Crippen LogP contribution is 2.31. The summed E-state index contributed by atoms with van der Waals surface area (Å²) in [6, 6.07) is 0. The van der Waals surface area contributed by atoms with Gasteiger partial charge in [-0.2, -0.15) is 0 Å². The average molecular weight is 227 g/mol. The van der Waals surface area contributed by atoms with Crippen molar-refractivity contribution in [1.29, 1.82) is 0 Å². The Kier molecular flexibility index (Phi) is 3.37. The van der Waals surface area contributed by atoms with E-state index >= 15 is 0 Å². The molecular formula is C16H21N. The smallest absolute Gasteiger partial charge is 0.0109 e. The number of rotatable bonds is 1. The minimum atomic E-state index is 1.04. The Labute approximate surface area is 105 Å². The summed E-state index contributed by atoms with van der Waals surface area (Å²) in [6.45, 7) is 8.49. The van der Waals surface area contributed by atoms with Crippen molar-refractivity contribution in [3.05, 3.63) is 59.0 Å². The lowest BCUT2D eigenvalue weighted by Gasteiger charge is -2.26. The van der Waals surface area contributed by atoms with Crippen LogP contribution >= 0.6 is 0 Å². The zero-order chi connectivity index (χ0) is 12.4. The first-order valence-electron chi connectivity index (χ1n) is 6.26. The Morgan fingerprint density at radius 3 is 2.71 bits per heavy atom. The van der Waals surface area contributed by atoms with Crippen molar-refractivity contribution >= 4 is 0 Å². The highest BCUT2D eigenvalue weighted by Gasteiger charge is 2.15. The molecule has 0 atom stereocenters. The Morgan fingerprint density at radius 2 is 2.00 bits per heavy atom. The fraction of sp³-hybridized carbons (Fsp3) is 0.375. The highest BCUT2D eigenvalue weighted by molar-refractivity contribution is 5.51. The first-order valence-corrected chi connectivity index (χ1v) is 6.26. The van der Waals surface area contributed by atoms with Gasteiger partial charge in [-0.25, -0.2) is 0 Å². The molecule has 0 amide bonds. The highest BCUT2D eigenvalue weighted by atomic mass is 15.1. The van der Waals surface area contributed by atoms with E-state index in [0.29, 0.717) is 0 Å². The van der Waals surface area contributed by atoms with Gasteiger partial charge in [0.15, 0.2) is 0 Å². The zero-order valence-electron chi connectivity index (χ0n) is 11.1. The van der Waals surface area contributed by atoms with Gasteiger partial charge < -0.3 is 4.90 Å². The molecule has 17 heavy (non-hydrogen) atoms. The van der Waals surface area contributed by atoms with Crippen molar-refractivity contribution in [2.24, 2.45) is 0 Å². The van der Waals surface area contributed by atoms with Crippen molar-refractivity contribution in [3.63, 3.8) is 0 Å². The van der Waals surface area contributed by atoms with Gasteiger partial charge in [-0.3, -0.25) is 0 Å². The maximum absolute atomic E-state index is 4.06. The van der Waals surface area contributed by atoms with E-state index in [-0.39, 0.29) is 0 Å². The second-order valence-electron chi connectivity index (χ2n) is 4.90. The number of nitrogens with zero attached hydrogens (tertiary/aromatic N) is 1. The molecule has 2 rings (SSSR count). The summed E-state index contributed by atoms with van der Waals surface area (Å²) in [6.07, 6.45) is 12.3. The standard InChI is InChI=1S/C16H21N/c1-12-7-5-6-8-16(14(12)3)15-10-9-13(2)17(4)11-15/h6-8,11H,2,5,9-10H2,1,3-4H3. The van der Waals surface area contributed by atoms with Crippen LogP contribution in [-0.2, 0) is 0 Å². The van der Waals surface area contributed by atoms with Crippen LogP contribution in [-0.4, -0.2) is 11.9 Å². The van der Waals surface area contributed by atoms with Crippen LogP contribution in [0.2, 0.25) is 0 Å². The van der Waals surface area contributed by atoms with Crippen LogP contribution in [0, 0.1) is 0 Å². The number of allylic oxidation sites excluding steroid dienone is 8. The van der Waals surface area contributed by atoms with E-state index in [1.54, 1.807) is 0 Å². The molecule has 1 aliphatic carbocycles. The largest absolute Gasteiger partial charge is 0.355 e. The molecule has 0 radical (unpaired) electrons. The summed E-state index contributed by atoms with van der Waals surface area (Å²) in [5, 5.41) is 0. The molecule has 1 heteroatoms. The van der Waals surface area contributed by atoms with Crippen molar-refractivity contribution in [1.82, 2.24) is 4.90 Å². The SMILES string of the molecule is C=C1CCC(C2=C(C)C(C)=CCC=C2)=CN1C. The molecule has 2 aliphatic rings. The predicted molar refractivity (Wildman–Crippen MR) is 74.4 cm³/mol. The maximum atomic E-state index is 4.06. The summed E-state index contributed by atoms with van der Waals surface area (Å²) >= 11 is 0. The van der Waals surface area contributed by atoms with E-state index in [2.05, 4.69) is 56.8 Å². The van der Waals surface area contributed by atoms with Gasteiger partial charge in [-0.05, 0) is 49.8 Å². The minimum absolute atomic E-state index is 1.04. The van der Waals surface area contributed by atoms with Gasteiger partial charge in [-0.1, -0.05) is 30.4 Å². The van der Waals surface area contributed by atoms with Gasteiger partial charge in [-0.15, -0.1) is 0 Å². The second kappa shape index (κ2) is 4.79. The third-order valence-corrected chi connectivity index (χ3v) is 3.72. The Bertz CT molecular complexity index is 458. The van der Waals surface area contributed by atoms with Crippen LogP contribution in [0.3, 0.4) is 0 Å². The molecule has 0 bridgehead atoms. The predicted octanol–water partition coefficient (Wildman–Crippen LogP) is 4.33. The molecule has 0 fully saturated rings. The molecule has 1 heterocycles. The summed E-state index contributed by atoms with van der Waals surface area (Å²) in [7, 11) is 2.08. The van der Waals surface area contributed by atoms with Crippen LogP contribution in [0.15, 0.2) is 59.0 Å². The average Bonchev–Trinajstić information content (AvgIpc) is 2.47. The molecule has 0 spiro atoms. The molecule has 1 nitrogen and oxygen atoms in total. The van der Waals surface area contributed by atoms with Crippen LogP contribution in [0.5, 0.6) is 0 Å². The van der Waals surface area contributed by atoms with Gasteiger partial charge >= 0.3 is 0 Å². The van der Waals surface area contributed by atoms with Crippen LogP contribution in [0.25, 0.3) is 0 Å². The molecule has 90 valence electrons. The molecule has 0 unspecified atom stereocenters. The van der Waals surface area contributed by atoms with Crippen LogP contribution in [0.1, 0.15) is 33.1 Å². The van der Waals surface area contributed by atoms with Gasteiger partial charge in [0, 0.05) is 18.9 Å². The summed E-state index contributed by atoms with van der Waals surface area (Å²) in [5.74, 6) is 0. The van der Waals surface area contributed by atoms with E-state index in [1.807, 2.05) is 0 Å². The third kappa shape index (κ3) is 2.44. The zero-order valence-corrected chi connectivity index (χ0v) is 11.1.